The number of benzene rings is 1. The van der Waals surface area contributed by atoms with Gasteiger partial charge < -0.3 is 4.74 Å². The predicted molar refractivity (Wildman–Crippen MR) is 89.0 cm³/mol. The second kappa shape index (κ2) is 7.45. The molecule has 0 saturated carbocycles. The summed E-state index contributed by atoms with van der Waals surface area (Å²) >= 11 is 1.45. The molecule has 0 atom stereocenters. The van der Waals surface area contributed by atoms with Gasteiger partial charge in [-0.1, -0.05) is 26.8 Å². The molecule has 6 heteroatoms. The van der Waals surface area contributed by atoms with Crippen molar-refractivity contribution in [2.24, 2.45) is 0 Å². The van der Waals surface area contributed by atoms with Gasteiger partial charge in [-0.15, -0.1) is 11.8 Å². The molecule has 1 rings (SSSR count). The number of nitro benzene ring substituents is 1. The van der Waals surface area contributed by atoms with Gasteiger partial charge in [-0.05, 0) is 31.1 Å². The Morgan fingerprint density at radius 1 is 1.41 bits per heavy atom. The number of carbonyl (C=O) groups is 1. The molecule has 0 unspecified atom stereocenters. The van der Waals surface area contributed by atoms with Crippen molar-refractivity contribution in [3.05, 3.63) is 40.0 Å². The molecular weight excluding hydrogens is 302 g/mol. The molecule has 1 aromatic carbocycles. The number of nitro groups is 1. The molecule has 120 valence electrons. The van der Waals surface area contributed by atoms with Crippen LogP contribution in [0.5, 0.6) is 0 Å². The average molecular weight is 323 g/mol. The van der Waals surface area contributed by atoms with E-state index in [1.807, 2.05) is 20.8 Å². The van der Waals surface area contributed by atoms with E-state index in [2.05, 4.69) is 0 Å². The number of nitrogens with zero attached hydrogens (tertiary/aromatic N) is 1. The Labute approximate surface area is 134 Å². The summed E-state index contributed by atoms with van der Waals surface area (Å²) in [4.78, 5) is 23.0. The summed E-state index contributed by atoms with van der Waals surface area (Å²) in [6, 6.07) is 5.01. The first-order valence-electron chi connectivity index (χ1n) is 6.97. The predicted octanol–water partition coefficient (Wildman–Crippen LogP) is 4.45. The van der Waals surface area contributed by atoms with E-state index in [1.54, 1.807) is 26.0 Å². The van der Waals surface area contributed by atoms with E-state index >= 15 is 0 Å². The second-order valence-corrected chi connectivity index (χ2v) is 7.60. The van der Waals surface area contributed by atoms with Crippen LogP contribution in [0.4, 0.5) is 5.69 Å². The zero-order chi connectivity index (χ0) is 16.9. The van der Waals surface area contributed by atoms with E-state index in [9.17, 15) is 14.9 Å². The normalized spacial score (nSPS) is 12.1. The number of hydrogen-bond donors (Lipinski definition) is 0. The van der Waals surface area contributed by atoms with E-state index in [1.165, 1.54) is 23.9 Å². The molecular formula is C16H21NO4S. The van der Waals surface area contributed by atoms with Gasteiger partial charge >= 0.3 is 5.97 Å². The lowest BCUT2D eigenvalue weighted by Crippen LogP contribution is -2.07. The monoisotopic (exact) mass is 323 g/mol. The van der Waals surface area contributed by atoms with Gasteiger partial charge in [0, 0.05) is 16.9 Å². The maximum Gasteiger partial charge on any atom is 0.331 e. The van der Waals surface area contributed by atoms with E-state index in [0.717, 1.165) is 0 Å². The maximum atomic E-state index is 11.5. The van der Waals surface area contributed by atoms with Gasteiger partial charge in [0.15, 0.2) is 0 Å². The van der Waals surface area contributed by atoms with Gasteiger partial charge in [0.05, 0.1) is 16.4 Å². The Morgan fingerprint density at radius 3 is 2.55 bits per heavy atom. The summed E-state index contributed by atoms with van der Waals surface area (Å²) in [5.74, 6) is -0.448. The number of carbonyl (C=O) groups excluding carboxylic acids is 1. The van der Waals surface area contributed by atoms with Gasteiger partial charge in [0.2, 0.25) is 0 Å². The zero-order valence-electron chi connectivity index (χ0n) is 13.5. The van der Waals surface area contributed by atoms with Crippen molar-refractivity contribution < 1.29 is 14.5 Å². The van der Waals surface area contributed by atoms with E-state index in [4.69, 9.17) is 4.74 Å². The van der Waals surface area contributed by atoms with Crippen LogP contribution in [-0.2, 0) is 9.53 Å². The van der Waals surface area contributed by atoms with Crippen molar-refractivity contribution in [2.75, 3.05) is 6.61 Å². The first-order chi connectivity index (χ1) is 10.1. The summed E-state index contributed by atoms with van der Waals surface area (Å²) in [6.45, 7) is 9.75. The topological polar surface area (TPSA) is 69.4 Å². The highest BCUT2D eigenvalue weighted by atomic mass is 32.2. The molecule has 0 amide bonds. The number of allylic oxidation sites excluding steroid dienone is 1. The first-order valence-corrected chi connectivity index (χ1v) is 7.78. The minimum Gasteiger partial charge on any atom is -0.463 e. The lowest BCUT2D eigenvalue weighted by atomic mass is 10.1. The molecule has 0 spiro atoms. The first kappa shape index (κ1) is 18.2. The van der Waals surface area contributed by atoms with Gasteiger partial charge in [0.25, 0.3) is 5.69 Å². The van der Waals surface area contributed by atoms with Crippen LogP contribution in [0.15, 0.2) is 29.2 Å². The minimum atomic E-state index is -0.448. The molecule has 0 aromatic heterocycles. The second-order valence-electron chi connectivity index (χ2n) is 5.73. The SMILES string of the molecule is CCOC(=O)/C=C(\C)c1ccc(SC(C)(C)C)c([N+](=O)[O-])c1. The summed E-state index contributed by atoms with van der Waals surface area (Å²) in [5.41, 5.74) is 1.32. The molecule has 0 aliphatic carbocycles. The molecule has 0 aliphatic rings. The van der Waals surface area contributed by atoms with Crippen LogP contribution in [0.3, 0.4) is 0 Å². The minimum absolute atomic E-state index is 0.0500. The Balaban J connectivity index is 3.18. The summed E-state index contributed by atoms with van der Waals surface area (Å²) in [6.07, 6.45) is 1.35. The van der Waals surface area contributed by atoms with Gasteiger partial charge in [-0.25, -0.2) is 4.79 Å². The molecule has 5 nitrogen and oxygen atoms in total. The van der Waals surface area contributed by atoms with Crippen LogP contribution < -0.4 is 0 Å². The van der Waals surface area contributed by atoms with Crippen LogP contribution in [0.2, 0.25) is 0 Å². The van der Waals surface area contributed by atoms with E-state index < -0.39 is 10.9 Å². The summed E-state index contributed by atoms with van der Waals surface area (Å²) in [7, 11) is 0. The van der Waals surface area contributed by atoms with Gasteiger partial charge in [0.1, 0.15) is 0 Å². The molecule has 1 aromatic rings. The van der Waals surface area contributed by atoms with Crippen LogP contribution in [0.1, 0.15) is 40.2 Å². The fourth-order valence-electron chi connectivity index (χ4n) is 1.77. The lowest BCUT2D eigenvalue weighted by Gasteiger charge is -2.17. The van der Waals surface area contributed by atoms with Crippen molar-refractivity contribution in [1.82, 2.24) is 0 Å². The van der Waals surface area contributed by atoms with Crippen LogP contribution in [0, 0.1) is 10.1 Å². The van der Waals surface area contributed by atoms with Crippen LogP contribution in [0.25, 0.3) is 5.57 Å². The largest absolute Gasteiger partial charge is 0.463 e. The van der Waals surface area contributed by atoms with E-state index in [-0.39, 0.29) is 10.4 Å². The van der Waals surface area contributed by atoms with Gasteiger partial charge in [-0.3, -0.25) is 10.1 Å². The highest BCUT2D eigenvalue weighted by molar-refractivity contribution is 8.00. The Morgan fingerprint density at radius 2 is 2.05 bits per heavy atom. The lowest BCUT2D eigenvalue weighted by molar-refractivity contribution is -0.387. The molecule has 0 heterocycles. The fraction of sp³-hybridized carbons (Fsp3) is 0.438. The molecule has 0 saturated heterocycles. The average Bonchev–Trinajstić information content (AvgIpc) is 2.37. The third-order valence-corrected chi connectivity index (χ3v) is 3.83. The standard InChI is InChI=1S/C16H21NO4S/c1-6-21-15(18)9-11(2)12-7-8-14(22-16(3,4)5)13(10-12)17(19)20/h7-10H,6H2,1-5H3/b11-9+. The number of hydrogen-bond acceptors (Lipinski definition) is 5. The van der Waals surface area contributed by atoms with Crippen molar-refractivity contribution >= 4 is 29.0 Å². The number of rotatable bonds is 5. The van der Waals surface area contributed by atoms with Crippen molar-refractivity contribution in [1.29, 1.82) is 0 Å². The molecule has 22 heavy (non-hydrogen) atoms. The molecule has 0 N–H and O–H groups in total. The number of ether oxygens (including phenoxy) is 1. The Kier molecular flexibility index (Phi) is 6.17. The van der Waals surface area contributed by atoms with Crippen molar-refractivity contribution in [3.8, 4) is 0 Å². The van der Waals surface area contributed by atoms with Gasteiger partial charge in [-0.2, -0.15) is 0 Å². The Hall–Kier alpha value is -1.82. The molecule has 0 aliphatic heterocycles. The van der Waals surface area contributed by atoms with Crippen molar-refractivity contribution in [3.63, 3.8) is 0 Å². The van der Waals surface area contributed by atoms with Crippen molar-refractivity contribution in [2.45, 2.75) is 44.3 Å². The maximum absolute atomic E-state index is 11.5. The number of esters is 1. The van der Waals surface area contributed by atoms with Crippen LogP contribution >= 0.6 is 11.8 Å². The zero-order valence-corrected chi connectivity index (χ0v) is 14.3. The summed E-state index contributed by atoms with van der Waals surface area (Å²) in [5, 5.41) is 11.3. The van der Waals surface area contributed by atoms with E-state index in [0.29, 0.717) is 22.6 Å². The molecule has 0 fully saturated rings. The smallest absolute Gasteiger partial charge is 0.331 e. The third kappa shape index (κ3) is 5.52. The highest BCUT2D eigenvalue weighted by Crippen LogP contribution is 2.38. The number of thioether (sulfide) groups is 1. The Bertz CT molecular complexity index is 603. The summed E-state index contributed by atoms with van der Waals surface area (Å²) < 4.78 is 4.73. The fourth-order valence-corrected chi connectivity index (χ4v) is 2.80. The highest BCUT2D eigenvalue weighted by Gasteiger charge is 2.21. The molecule has 0 bridgehead atoms. The van der Waals surface area contributed by atoms with Crippen LogP contribution in [-0.4, -0.2) is 22.2 Å². The quantitative estimate of drug-likeness (QED) is 0.263. The third-order valence-electron chi connectivity index (χ3n) is 2.65. The molecule has 0 radical (unpaired) electrons.